The quantitative estimate of drug-likeness (QED) is 0.710. The fourth-order valence-electron chi connectivity index (χ4n) is 1.78. The summed E-state index contributed by atoms with van der Waals surface area (Å²) in [6, 6.07) is 10.8. The van der Waals surface area contributed by atoms with E-state index in [1.807, 2.05) is 13.1 Å². The zero-order valence-electron chi connectivity index (χ0n) is 9.71. The molecule has 2 rings (SSSR count). The molecule has 0 saturated carbocycles. The van der Waals surface area contributed by atoms with Gasteiger partial charge >= 0.3 is 0 Å². The largest absolute Gasteiger partial charge is 0.312 e. The molecule has 0 aliphatic rings. The lowest BCUT2D eigenvalue weighted by molar-refractivity contribution is 0.602. The molecule has 0 fully saturated rings. The highest BCUT2D eigenvalue weighted by molar-refractivity contribution is 9.10. The standard InChI is InChI=1S/C13H12Br2ClNS/c1-17-11(12-7-10(15)13(16)18-12)6-8-3-2-4-9(14)5-8/h2-5,7,11,17H,6H2,1H3. The Balaban J connectivity index is 2.19. The predicted molar refractivity (Wildman–Crippen MR) is 86.7 cm³/mol. The Hall–Kier alpha value is 0.130. The van der Waals surface area contributed by atoms with Gasteiger partial charge in [0, 0.05) is 19.9 Å². The summed E-state index contributed by atoms with van der Waals surface area (Å²) >= 11 is 14.7. The Morgan fingerprint density at radius 1 is 1.33 bits per heavy atom. The molecule has 1 atom stereocenters. The maximum atomic E-state index is 6.10. The second kappa shape index (κ2) is 6.53. The van der Waals surface area contributed by atoms with Gasteiger partial charge in [0.05, 0.1) is 0 Å². The molecule has 1 N–H and O–H groups in total. The number of hydrogen-bond donors (Lipinski definition) is 1. The van der Waals surface area contributed by atoms with Crippen LogP contribution >= 0.6 is 54.8 Å². The number of hydrogen-bond acceptors (Lipinski definition) is 2. The number of rotatable bonds is 4. The van der Waals surface area contributed by atoms with Crippen LogP contribution < -0.4 is 5.32 Å². The van der Waals surface area contributed by atoms with E-state index in [-0.39, 0.29) is 6.04 Å². The van der Waals surface area contributed by atoms with Crippen LogP contribution in [0.25, 0.3) is 0 Å². The Morgan fingerprint density at radius 3 is 2.67 bits per heavy atom. The van der Waals surface area contributed by atoms with E-state index in [2.05, 4.69) is 61.4 Å². The molecule has 0 spiro atoms. The van der Waals surface area contributed by atoms with Crippen LogP contribution in [0.15, 0.2) is 39.3 Å². The van der Waals surface area contributed by atoms with Crippen LogP contribution in [0.5, 0.6) is 0 Å². The van der Waals surface area contributed by atoms with Gasteiger partial charge in [-0.2, -0.15) is 0 Å². The van der Waals surface area contributed by atoms with Gasteiger partial charge in [-0.1, -0.05) is 39.7 Å². The molecule has 1 aromatic carbocycles. The van der Waals surface area contributed by atoms with Crippen molar-refractivity contribution >= 4 is 54.8 Å². The van der Waals surface area contributed by atoms with E-state index in [9.17, 15) is 0 Å². The Bertz CT molecular complexity index is 522. The molecule has 0 bridgehead atoms. The van der Waals surface area contributed by atoms with E-state index in [1.54, 1.807) is 11.3 Å². The Kier molecular flexibility index (Phi) is 5.27. The van der Waals surface area contributed by atoms with Crippen LogP contribution in [0.3, 0.4) is 0 Å². The molecule has 1 nitrogen and oxygen atoms in total. The second-order valence-corrected chi connectivity index (χ2v) is 7.40. The normalized spacial score (nSPS) is 12.7. The molecule has 0 aliphatic heterocycles. The third-order valence-corrected chi connectivity index (χ3v) is 5.77. The van der Waals surface area contributed by atoms with E-state index in [4.69, 9.17) is 11.6 Å². The summed E-state index contributed by atoms with van der Waals surface area (Å²) < 4.78 is 2.89. The van der Waals surface area contributed by atoms with Crippen molar-refractivity contribution in [1.29, 1.82) is 0 Å². The highest BCUT2D eigenvalue weighted by Gasteiger charge is 2.15. The lowest BCUT2D eigenvalue weighted by Gasteiger charge is -2.14. The molecule has 2 aromatic rings. The summed E-state index contributed by atoms with van der Waals surface area (Å²) in [7, 11) is 1.98. The zero-order valence-corrected chi connectivity index (χ0v) is 14.5. The van der Waals surface area contributed by atoms with E-state index >= 15 is 0 Å². The van der Waals surface area contributed by atoms with Crippen molar-refractivity contribution in [2.45, 2.75) is 12.5 Å². The predicted octanol–water partition coefficient (Wildman–Crippen LogP) is 5.43. The number of nitrogens with one attached hydrogen (secondary N) is 1. The Labute approximate surface area is 133 Å². The number of likely N-dealkylation sites (N-methyl/N-ethyl adjacent to an activating group) is 1. The third-order valence-electron chi connectivity index (χ3n) is 2.68. The Morgan fingerprint density at radius 2 is 2.11 bits per heavy atom. The first kappa shape index (κ1) is 14.5. The summed E-state index contributed by atoms with van der Waals surface area (Å²) in [6.07, 6.45) is 0.944. The minimum Gasteiger partial charge on any atom is -0.312 e. The van der Waals surface area contributed by atoms with Crippen LogP contribution in [0, 0.1) is 0 Å². The molecule has 18 heavy (non-hydrogen) atoms. The van der Waals surface area contributed by atoms with Gasteiger partial charge in [-0.25, -0.2) is 0 Å². The van der Waals surface area contributed by atoms with Gasteiger partial charge in [-0.15, -0.1) is 11.3 Å². The molecule has 0 radical (unpaired) electrons. The lowest BCUT2D eigenvalue weighted by atomic mass is 10.1. The highest BCUT2D eigenvalue weighted by Crippen LogP contribution is 2.36. The van der Waals surface area contributed by atoms with Crippen molar-refractivity contribution < 1.29 is 0 Å². The number of thiophene rings is 1. The SMILES string of the molecule is CNC(Cc1cccc(Br)c1)c1cc(Br)c(Cl)s1. The summed E-state index contributed by atoms with van der Waals surface area (Å²) in [5.74, 6) is 0. The average molecular weight is 410 g/mol. The number of benzene rings is 1. The van der Waals surface area contributed by atoms with Crippen LogP contribution in [0.2, 0.25) is 4.34 Å². The summed E-state index contributed by atoms with van der Waals surface area (Å²) in [5.41, 5.74) is 1.30. The zero-order chi connectivity index (χ0) is 13.1. The minimum absolute atomic E-state index is 0.285. The molecule has 1 aromatic heterocycles. The molecular weight excluding hydrogens is 397 g/mol. The van der Waals surface area contributed by atoms with Gasteiger partial charge in [0.1, 0.15) is 4.34 Å². The molecular formula is C13H12Br2ClNS. The topological polar surface area (TPSA) is 12.0 Å². The molecule has 5 heteroatoms. The first-order chi connectivity index (χ1) is 8.60. The van der Waals surface area contributed by atoms with Crippen molar-refractivity contribution in [1.82, 2.24) is 5.32 Å². The molecule has 0 amide bonds. The van der Waals surface area contributed by atoms with Crippen molar-refractivity contribution in [2.75, 3.05) is 7.05 Å². The molecule has 96 valence electrons. The van der Waals surface area contributed by atoms with Gasteiger partial charge in [0.15, 0.2) is 0 Å². The lowest BCUT2D eigenvalue weighted by Crippen LogP contribution is -2.17. The second-order valence-electron chi connectivity index (χ2n) is 3.95. The molecule has 0 saturated heterocycles. The summed E-state index contributed by atoms with van der Waals surface area (Å²) in [5, 5.41) is 3.34. The fraction of sp³-hybridized carbons (Fsp3) is 0.231. The van der Waals surface area contributed by atoms with E-state index in [0.29, 0.717) is 0 Å². The average Bonchev–Trinajstić information content (AvgIpc) is 2.66. The number of halogens is 3. The third kappa shape index (κ3) is 3.58. The van der Waals surface area contributed by atoms with Gasteiger partial charge in [0.2, 0.25) is 0 Å². The van der Waals surface area contributed by atoms with Crippen molar-refractivity contribution in [2.24, 2.45) is 0 Å². The van der Waals surface area contributed by atoms with E-state index in [1.165, 1.54) is 10.4 Å². The maximum absolute atomic E-state index is 6.10. The van der Waals surface area contributed by atoms with Crippen molar-refractivity contribution in [3.05, 3.63) is 54.1 Å². The minimum atomic E-state index is 0.285. The fourth-order valence-corrected chi connectivity index (χ4v) is 4.07. The van der Waals surface area contributed by atoms with Gasteiger partial charge in [-0.3, -0.25) is 0 Å². The van der Waals surface area contributed by atoms with Crippen LogP contribution in [0.1, 0.15) is 16.5 Å². The maximum Gasteiger partial charge on any atom is 0.107 e. The summed E-state index contributed by atoms with van der Waals surface area (Å²) in [4.78, 5) is 1.24. The van der Waals surface area contributed by atoms with E-state index < -0.39 is 0 Å². The smallest absolute Gasteiger partial charge is 0.107 e. The first-order valence-electron chi connectivity index (χ1n) is 5.46. The monoisotopic (exact) mass is 407 g/mol. The molecule has 1 heterocycles. The van der Waals surface area contributed by atoms with Crippen LogP contribution in [0.4, 0.5) is 0 Å². The van der Waals surface area contributed by atoms with Gasteiger partial charge in [0.25, 0.3) is 0 Å². The van der Waals surface area contributed by atoms with Crippen molar-refractivity contribution in [3.63, 3.8) is 0 Å². The molecule has 1 unspecified atom stereocenters. The van der Waals surface area contributed by atoms with Crippen LogP contribution in [-0.2, 0) is 6.42 Å². The van der Waals surface area contributed by atoms with Gasteiger partial charge in [-0.05, 0) is 53.2 Å². The summed E-state index contributed by atoms with van der Waals surface area (Å²) in [6.45, 7) is 0. The van der Waals surface area contributed by atoms with Crippen molar-refractivity contribution in [3.8, 4) is 0 Å². The van der Waals surface area contributed by atoms with E-state index in [0.717, 1.165) is 19.7 Å². The highest BCUT2D eigenvalue weighted by atomic mass is 79.9. The van der Waals surface area contributed by atoms with Crippen LogP contribution in [-0.4, -0.2) is 7.05 Å². The first-order valence-corrected chi connectivity index (χ1v) is 8.24. The van der Waals surface area contributed by atoms with Gasteiger partial charge < -0.3 is 5.32 Å². The molecule has 0 aliphatic carbocycles.